The first kappa shape index (κ1) is 14.6. The molecule has 0 radical (unpaired) electrons. The van der Waals surface area contributed by atoms with Gasteiger partial charge < -0.3 is 9.84 Å². The highest BCUT2D eigenvalue weighted by molar-refractivity contribution is 6.31. The molecule has 114 valence electrons. The Balaban J connectivity index is 1.77. The fraction of sp³-hybridized carbons (Fsp3) is 0.533. The molecule has 2 bridgehead atoms. The van der Waals surface area contributed by atoms with Gasteiger partial charge >= 0.3 is 6.09 Å². The topological polar surface area (TPSA) is 61.8 Å². The molecule has 0 aromatic heterocycles. The van der Waals surface area contributed by atoms with E-state index in [9.17, 15) is 4.79 Å². The van der Waals surface area contributed by atoms with Crippen molar-refractivity contribution in [3.8, 4) is 0 Å². The summed E-state index contributed by atoms with van der Waals surface area (Å²) in [6, 6.07) is 3.52. The molecule has 5 nitrogen and oxygen atoms in total. The number of carboxylic acid groups (broad SMARTS) is 1. The first-order valence-corrected chi connectivity index (χ1v) is 7.56. The maximum atomic E-state index is 10.8. The van der Waals surface area contributed by atoms with E-state index in [4.69, 9.17) is 21.4 Å². The van der Waals surface area contributed by atoms with Gasteiger partial charge in [0, 0.05) is 30.3 Å². The second-order valence-electron chi connectivity index (χ2n) is 5.82. The Bertz CT molecular complexity index is 552. The number of hydrogen-bond acceptors (Lipinski definition) is 3. The van der Waals surface area contributed by atoms with E-state index in [1.54, 1.807) is 6.07 Å². The summed E-state index contributed by atoms with van der Waals surface area (Å²) in [7, 11) is 0. The average Bonchev–Trinajstić information content (AvgIpc) is 2.74. The smallest absolute Gasteiger partial charge is 0.409 e. The molecule has 6 heteroatoms. The number of likely N-dealkylation sites (tertiary alicyclic amines) is 1. The minimum atomic E-state index is -1.08. The Labute approximate surface area is 128 Å². The number of amides is 1. The molecular formula is C15H19ClN2O3. The van der Waals surface area contributed by atoms with Crippen LogP contribution in [0.5, 0.6) is 0 Å². The Morgan fingerprint density at radius 3 is 2.71 bits per heavy atom. The van der Waals surface area contributed by atoms with Gasteiger partial charge in [0.1, 0.15) is 0 Å². The molecule has 2 heterocycles. The molecule has 0 saturated carbocycles. The van der Waals surface area contributed by atoms with Crippen LogP contribution in [-0.4, -0.2) is 41.4 Å². The molecule has 2 aliphatic rings. The van der Waals surface area contributed by atoms with Crippen LogP contribution in [0.25, 0.3) is 0 Å². The molecule has 2 N–H and O–H groups in total. The van der Waals surface area contributed by atoms with Crippen LogP contribution in [0.1, 0.15) is 24.0 Å². The lowest BCUT2D eigenvalue weighted by molar-refractivity contribution is -0.0411. The molecule has 2 unspecified atom stereocenters. The second-order valence-corrected chi connectivity index (χ2v) is 6.23. The molecule has 2 saturated heterocycles. The standard InChI is InChI=1S/C15H19ClN2O3/c1-9-10(4-11(5-14(9)16)17-15(19)20)6-18-7-12-2-3-13(8-18)21-12/h4-5,12-13,17H,2-3,6-8H2,1H3,(H,19,20). The molecule has 2 fully saturated rings. The summed E-state index contributed by atoms with van der Waals surface area (Å²) in [4.78, 5) is 13.1. The lowest BCUT2D eigenvalue weighted by atomic mass is 10.1. The zero-order valence-electron chi connectivity index (χ0n) is 11.9. The Morgan fingerprint density at radius 1 is 1.43 bits per heavy atom. The number of hydrogen-bond donors (Lipinski definition) is 2. The summed E-state index contributed by atoms with van der Waals surface area (Å²) < 4.78 is 5.84. The Morgan fingerprint density at radius 2 is 2.10 bits per heavy atom. The Kier molecular flexibility index (Phi) is 4.06. The van der Waals surface area contributed by atoms with Crippen molar-refractivity contribution in [1.29, 1.82) is 0 Å². The van der Waals surface area contributed by atoms with Crippen LogP contribution >= 0.6 is 11.6 Å². The monoisotopic (exact) mass is 310 g/mol. The van der Waals surface area contributed by atoms with Crippen molar-refractivity contribution in [3.05, 3.63) is 28.3 Å². The number of halogens is 1. The van der Waals surface area contributed by atoms with Crippen LogP contribution in [0.4, 0.5) is 10.5 Å². The lowest BCUT2D eigenvalue weighted by Gasteiger charge is -2.32. The number of carbonyl (C=O) groups is 1. The quantitative estimate of drug-likeness (QED) is 0.900. The second kappa shape index (κ2) is 5.83. The van der Waals surface area contributed by atoms with E-state index < -0.39 is 6.09 Å². The first-order valence-electron chi connectivity index (χ1n) is 7.18. The zero-order valence-corrected chi connectivity index (χ0v) is 12.7. The van der Waals surface area contributed by atoms with Gasteiger partial charge in [-0.15, -0.1) is 0 Å². The van der Waals surface area contributed by atoms with Crippen molar-refractivity contribution in [2.75, 3.05) is 18.4 Å². The molecule has 1 aromatic rings. The van der Waals surface area contributed by atoms with Gasteiger partial charge in [-0.2, -0.15) is 0 Å². The van der Waals surface area contributed by atoms with Crippen molar-refractivity contribution < 1.29 is 14.6 Å². The van der Waals surface area contributed by atoms with E-state index in [-0.39, 0.29) is 0 Å². The zero-order chi connectivity index (χ0) is 15.0. The summed E-state index contributed by atoms with van der Waals surface area (Å²) in [5.74, 6) is 0. The number of nitrogens with one attached hydrogen (secondary N) is 1. The number of anilines is 1. The van der Waals surface area contributed by atoms with E-state index in [0.717, 1.165) is 43.6 Å². The van der Waals surface area contributed by atoms with Gasteiger partial charge in [-0.05, 0) is 43.0 Å². The van der Waals surface area contributed by atoms with Gasteiger partial charge in [0.15, 0.2) is 0 Å². The van der Waals surface area contributed by atoms with E-state index in [2.05, 4.69) is 10.2 Å². The summed E-state index contributed by atoms with van der Waals surface area (Å²) in [5.41, 5.74) is 2.59. The minimum absolute atomic E-state index is 0.347. The third-order valence-corrected chi connectivity index (χ3v) is 4.61. The van der Waals surface area contributed by atoms with Gasteiger partial charge in [-0.25, -0.2) is 4.79 Å². The fourth-order valence-electron chi connectivity index (χ4n) is 3.16. The number of fused-ring (bicyclic) bond motifs is 2. The van der Waals surface area contributed by atoms with E-state index in [0.29, 0.717) is 22.9 Å². The summed E-state index contributed by atoms with van der Waals surface area (Å²) >= 11 is 6.21. The van der Waals surface area contributed by atoms with E-state index in [1.807, 2.05) is 13.0 Å². The molecule has 2 atom stereocenters. The number of benzene rings is 1. The molecule has 0 aliphatic carbocycles. The molecule has 2 aliphatic heterocycles. The maximum absolute atomic E-state index is 10.8. The average molecular weight is 311 g/mol. The van der Waals surface area contributed by atoms with Gasteiger partial charge in [0.2, 0.25) is 0 Å². The van der Waals surface area contributed by atoms with Crippen molar-refractivity contribution in [2.45, 2.75) is 38.5 Å². The van der Waals surface area contributed by atoms with Gasteiger partial charge in [0.25, 0.3) is 0 Å². The largest absolute Gasteiger partial charge is 0.465 e. The van der Waals surface area contributed by atoms with Gasteiger partial charge in [-0.3, -0.25) is 10.2 Å². The van der Waals surface area contributed by atoms with Crippen LogP contribution in [0.15, 0.2) is 12.1 Å². The van der Waals surface area contributed by atoms with Crippen LogP contribution in [0.2, 0.25) is 5.02 Å². The Hall–Kier alpha value is -1.30. The molecular weight excluding hydrogens is 292 g/mol. The predicted molar refractivity (Wildman–Crippen MR) is 81.0 cm³/mol. The van der Waals surface area contributed by atoms with Crippen LogP contribution in [0, 0.1) is 6.92 Å². The fourth-order valence-corrected chi connectivity index (χ4v) is 3.40. The maximum Gasteiger partial charge on any atom is 0.409 e. The predicted octanol–water partition coefficient (Wildman–Crippen LogP) is 3.10. The highest BCUT2D eigenvalue weighted by Gasteiger charge is 2.33. The molecule has 0 spiro atoms. The van der Waals surface area contributed by atoms with Crippen molar-refractivity contribution in [1.82, 2.24) is 4.90 Å². The van der Waals surface area contributed by atoms with Crippen molar-refractivity contribution >= 4 is 23.4 Å². The molecule has 1 amide bonds. The number of rotatable bonds is 3. The van der Waals surface area contributed by atoms with Crippen molar-refractivity contribution in [2.24, 2.45) is 0 Å². The van der Waals surface area contributed by atoms with Crippen molar-refractivity contribution in [3.63, 3.8) is 0 Å². The summed E-state index contributed by atoms with van der Waals surface area (Å²) in [6.07, 6.45) is 1.90. The molecule has 21 heavy (non-hydrogen) atoms. The lowest BCUT2D eigenvalue weighted by Crippen LogP contribution is -2.42. The highest BCUT2D eigenvalue weighted by atomic mass is 35.5. The van der Waals surface area contributed by atoms with E-state index in [1.165, 1.54) is 0 Å². The summed E-state index contributed by atoms with van der Waals surface area (Å²) in [6.45, 7) is 4.61. The summed E-state index contributed by atoms with van der Waals surface area (Å²) in [5, 5.41) is 11.8. The number of morpholine rings is 1. The van der Waals surface area contributed by atoms with Crippen LogP contribution in [0.3, 0.4) is 0 Å². The van der Waals surface area contributed by atoms with Gasteiger partial charge in [0.05, 0.1) is 12.2 Å². The van der Waals surface area contributed by atoms with Gasteiger partial charge in [-0.1, -0.05) is 11.6 Å². The normalized spacial score (nSPS) is 25.0. The number of ether oxygens (including phenoxy) is 1. The van der Waals surface area contributed by atoms with Crippen LogP contribution in [-0.2, 0) is 11.3 Å². The third kappa shape index (κ3) is 3.31. The van der Waals surface area contributed by atoms with Crippen LogP contribution < -0.4 is 5.32 Å². The number of nitrogens with zero attached hydrogens (tertiary/aromatic N) is 1. The molecule has 1 aromatic carbocycles. The highest BCUT2D eigenvalue weighted by Crippen LogP contribution is 2.30. The minimum Gasteiger partial charge on any atom is -0.465 e. The molecule has 3 rings (SSSR count). The first-order chi connectivity index (χ1) is 10.0. The SMILES string of the molecule is Cc1c(Cl)cc(NC(=O)O)cc1CN1CC2CCC(C1)O2. The third-order valence-electron chi connectivity index (χ3n) is 4.22. The van der Waals surface area contributed by atoms with E-state index >= 15 is 0 Å².